The van der Waals surface area contributed by atoms with Crippen LogP contribution in [0.5, 0.6) is 5.75 Å². The Labute approximate surface area is 151 Å². The molecule has 27 heavy (non-hydrogen) atoms. The van der Waals surface area contributed by atoms with Crippen molar-refractivity contribution in [1.82, 2.24) is 15.0 Å². The van der Waals surface area contributed by atoms with Crippen LogP contribution in [0.1, 0.15) is 10.4 Å². The van der Waals surface area contributed by atoms with Gasteiger partial charge in [0.1, 0.15) is 16.9 Å². The maximum absolute atomic E-state index is 12.2. The quantitative estimate of drug-likeness (QED) is 0.439. The van der Waals surface area contributed by atoms with Crippen molar-refractivity contribution < 1.29 is 13.9 Å². The van der Waals surface area contributed by atoms with Gasteiger partial charge in [0.15, 0.2) is 5.43 Å². The lowest BCUT2D eigenvalue weighted by atomic mass is 10.1. The van der Waals surface area contributed by atoms with E-state index in [1.54, 1.807) is 42.6 Å². The lowest BCUT2D eigenvalue weighted by Gasteiger charge is -2.06. The molecular formula is C19H11N3O5. The molecule has 1 N–H and O–H groups in total. The molecule has 0 bridgehead atoms. The molecule has 0 aliphatic carbocycles. The Balaban J connectivity index is 1.62. The van der Waals surface area contributed by atoms with Gasteiger partial charge in [0.25, 0.3) is 0 Å². The Kier molecular flexibility index (Phi) is 4.06. The van der Waals surface area contributed by atoms with E-state index in [9.17, 15) is 14.4 Å². The Morgan fingerprint density at radius 1 is 1.07 bits per heavy atom. The van der Waals surface area contributed by atoms with Gasteiger partial charge in [-0.2, -0.15) is 0 Å². The number of aromatic nitrogens is 3. The van der Waals surface area contributed by atoms with Gasteiger partial charge in [-0.25, -0.2) is 14.6 Å². The lowest BCUT2D eigenvalue weighted by molar-refractivity contribution is 0.0734. The summed E-state index contributed by atoms with van der Waals surface area (Å²) in [6, 6.07) is 11.0. The molecule has 0 saturated carbocycles. The van der Waals surface area contributed by atoms with Crippen molar-refractivity contribution in [2.45, 2.75) is 0 Å². The molecule has 0 radical (unpaired) electrons. The summed E-state index contributed by atoms with van der Waals surface area (Å²) >= 11 is 0. The van der Waals surface area contributed by atoms with Crippen LogP contribution in [0.4, 0.5) is 0 Å². The molecule has 0 amide bonds. The van der Waals surface area contributed by atoms with Crippen molar-refractivity contribution >= 4 is 17.1 Å². The summed E-state index contributed by atoms with van der Waals surface area (Å²) in [7, 11) is 0. The molecular weight excluding hydrogens is 350 g/mol. The number of rotatable bonds is 3. The molecule has 0 aliphatic heterocycles. The van der Waals surface area contributed by atoms with E-state index in [1.165, 1.54) is 18.5 Å². The number of nitrogens with one attached hydrogen (secondary N) is 1. The monoisotopic (exact) mass is 361 g/mol. The summed E-state index contributed by atoms with van der Waals surface area (Å²) in [5, 5.41) is 0.181. The average Bonchev–Trinajstić information content (AvgIpc) is 2.69. The van der Waals surface area contributed by atoms with E-state index in [1.807, 2.05) is 0 Å². The molecule has 8 nitrogen and oxygen atoms in total. The van der Waals surface area contributed by atoms with Crippen molar-refractivity contribution in [3.63, 3.8) is 0 Å². The summed E-state index contributed by atoms with van der Waals surface area (Å²) in [5.74, 6) is 0.0611. The fourth-order valence-electron chi connectivity index (χ4n) is 2.45. The standard InChI is InChI=1S/C19H11N3O5/c23-15-8-16(27-17-14(15)10-21-19(25)22-17)11-3-5-13(6-4-11)26-18(24)12-2-1-7-20-9-12/h1-10H,(H,21,22,25). The Bertz CT molecular complexity index is 1240. The van der Waals surface area contributed by atoms with Gasteiger partial charge in [-0.3, -0.25) is 14.8 Å². The van der Waals surface area contributed by atoms with Crippen molar-refractivity contribution in [3.05, 3.63) is 87.3 Å². The highest BCUT2D eigenvalue weighted by Gasteiger charge is 2.11. The Morgan fingerprint density at radius 2 is 1.89 bits per heavy atom. The van der Waals surface area contributed by atoms with Crippen LogP contribution in [-0.2, 0) is 0 Å². The van der Waals surface area contributed by atoms with Crippen LogP contribution in [-0.4, -0.2) is 20.9 Å². The number of carbonyl (C=O) groups is 1. The predicted octanol–water partition coefficient (Wildman–Crippen LogP) is 2.16. The highest BCUT2D eigenvalue weighted by Crippen LogP contribution is 2.23. The van der Waals surface area contributed by atoms with Gasteiger partial charge in [0, 0.05) is 30.2 Å². The summed E-state index contributed by atoms with van der Waals surface area (Å²) in [4.78, 5) is 45.3. The number of fused-ring (bicyclic) bond motifs is 1. The van der Waals surface area contributed by atoms with Crippen LogP contribution in [0.15, 0.2) is 75.1 Å². The van der Waals surface area contributed by atoms with Gasteiger partial charge in [-0.1, -0.05) is 0 Å². The number of nitrogens with zero attached hydrogens (tertiary/aromatic N) is 2. The molecule has 3 heterocycles. The number of hydrogen-bond donors (Lipinski definition) is 1. The van der Waals surface area contributed by atoms with E-state index in [2.05, 4.69) is 15.0 Å². The second-order valence-corrected chi connectivity index (χ2v) is 5.56. The zero-order valence-electron chi connectivity index (χ0n) is 13.7. The third kappa shape index (κ3) is 3.36. The van der Waals surface area contributed by atoms with Gasteiger partial charge in [-0.05, 0) is 36.4 Å². The molecule has 0 saturated heterocycles. The maximum Gasteiger partial charge on any atom is 0.347 e. The summed E-state index contributed by atoms with van der Waals surface area (Å²) in [5.41, 5.74) is 0.0135. The van der Waals surface area contributed by atoms with Crippen molar-refractivity contribution in [2.75, 3.05) is 0 Å². The highest BCUT2D eigenvalue weighted by atomic mass is 16.5. The number of hydrogen-bond acceptors (Lipinski definition) is 7. The molecule has 0 aliphatic rings. The third-order valence-corrected chi connectivity index (χ3v) is 3.76. The number of ether oxygens (including phenoxy) is 1. The van der Waals surface area contributed by atoms with Crippen LogP contribution in [0.3, 0.4) is 0 Å². The van der Waals surface area contributed by atoms with Crippen LogP contribution < -0.4 is 15.9 Å². The fourth-order valence-corrected chi connectivity index (χ4v) is 2.45. The molecule has 0 spiro atoms. The first-order valence-corrected chi connectivity index (χ1v) is 7.86. The van der Waals surface area contributed by atoms with Gasteiger partial charge >= 0.3 is 11.7 Å². The van der Waals surface area contributed by atoms with E-state index >= 15 is 0 Å². The topological polar surface area (TPSA) is 115 Å². The first kappa shape index (κ1) is 16.4. The third-order valence-electron chi connectivity index (χ3n) is 3.76. The van der Waals surface area contributed by atoms with Gasteiger partial charge in [0.05, 0.1) is 5.56 Å². The smallest absolute Gasteiger partial charge is 0.347 e. The summed E-state index contributed by atoms with van der Waals surface area (Å²) < 4.78 is 10.9. The molecule has 8 heteroatoms. The second-order valence-electron chi connectivity index (χ2n) is 5.56. The minimum absolute atomic E-state index is 0.0459. The molecule has 132 valence electrons. The van der Waals surface area contributed by atoms with E-state index < -0.39 is 11.7 Å². The normalized spacial score (nSPS) is 10.7. The van der Waals surface area contributed by atoms with Gasteiger partial charge in [0.2, 0.25) is 5.71 Å². The Hall–Kier alpha value is -4.07. The van der Waals surface area contributed by atoms with E-state index in [4.69, 9.17) is 9.15 Å². The predicted molar refractivity (Wildman–Crippen MR) is 95.5 cm³/mol. The largest absolute Gasteiger partial charge is 0.439 e. The van der Waals surface area contributed by atoms with Crippen molar-refractivity contribution in [3.8, 4) is 17.1 Å². The minimum Gasteiger partial charge on any atom is -0.439 e. The molecule has 0 fully saturated rings. The second kappa shape index (κ2) is 6.68. The van der Waals surface area contributed by atoms with E-state index in [-0.39, 0.29) is 22.3 Å². The van der Waals surface area contributed by atoms with Crippen LogP contribution in [0, 0.1) is 0 Å². The molecule has 0 atom stereocenters. The molecule has 1 aromatic carbocycles. The first-order chi connectivity index (χ1) is 13.1. The van der Waals surface area contributed by atoms with Crippen molar-refractivity contribution in [1.29, 1.82) is 0 Å². The first-order valence-electron chi connectivity index (χ1n) is 7.86. The maximum atomic E-state index is 12.2. The van der Waals surface area contributed by atoms with Crippen molar-refractivity contribution in [2.24, 2.45) is 0 Å². The average molecular weight is 361 g/mol. The van der Waals surface area contributed by atoms with Crippen LogP contribution in [0.25, 0.3) is 22.4 Å². The molecule has 4 rings (SSSR count). The molecule has 3 aromatic heterocycles. The fraction of sp³-hybridized carbons (Fsp3) is 0. The Morgan fingerprint density at radius 3 is 2.63 bits per heavy atom. The zero-order chi connectivity index (χ0) is 18.8. The van der Waals surface area contributed by atoms with Crippen LogP contribution in [0.2, 0.25) is 0 Å². The van der Waals surface area contributed by atoms with Gasteiger partial charge < -0.3 is 9.15 Å². The number of benzene rings is 1. The number of carbonyl (C=O) groups excluding carboxylic acids is 1. The number of pyridine rings is 1. The SMILES string of the molecule is O=C(Oc1ccc(-c2cc(=O)c3cnc(=O)[nH]c3o2)cc1)c1cccnc1. The zero-order valence-corrected chi connectivity index (χ0v) is 13.7. The minimum atomic E-state index is -0.611. The van der Waals surface area contributed by atoms with E-state index in [0.717, 1.165) is 0 Å². The molecule has 0 unspecified atom stereocenters. The molecule has 4 aromatic rings. The summed E-state index contributed by atoms with van der Waals surface area (Å²) in [6.45, 7) is 0. The van der Waals surface area contributed by atoms with Gasteiger partial charge in [-0.15, -0.1) is 0 Å². The lowest BCUT2D eigenvalue weighted by Crippen LogP contribution is -2.12. The summed E-state index contributed by atoms with van der Waals surface area (Å²) in [6.07, 6.45) is 4.15. The van der Waals surface area contributed by atoms with Crippen LogP contribution >= 0.6 is 0 Å². The number of H-pyrrole nitrogens is 1. The number of aromatic amines is 1. The van der Waals surface area contributed by atoms with E-state index in [0.29, 0.717) is 16.9 Å². The number of esters is 1. The highest BCUT2D eigenvalue weighted by molar-refractivity contribution is 5.90.